The third-order valence-corrected chi connectivity index (χ3v) is 6.59. The molecule has 1 aromatic heterocycles. The Bertz CT molecular complexity index is 1110. The molecular formula is C22H20ClN3O3S. The van der Waals surface area contributed by atoms with Crippen molar-refractivity contribution in [2.24, 2.45) is 0 Å². The Morgan fingerprint density at radius 1 is 1.17 bits per heavy atom. The largest absolute Gasteiger partial charge is 0.497 e. The zero-order valence-electron chi connectivity index (χ0n) is 16.5. The van der Waals surface area contributed by atoms with Gasteiger partial charge in [-0.1, -0.05) is 17.7 Å². The van der Waals surface area contributed by atoms with E-state index in [4.69, 9.17) is 16.3 Å². The van der Waals surface area contributed by atoms with Gasteiger partial charge in [-0.2, -0.15) is 0 Å². The number of nitrogens with zero attached hydrogens (tertiary/aromatic N) is 1. The first-order valence-corrected chi connectivity index (χ1v) is 10.7. The number of aryl methyl sites for hydroxylation is 1. The number of thiazole rings is 1. The molecule has 6 nitrogen and oxygen atoms in total. The van der Waals surface area contributed by atoms with Gasteiger partial charge in [0.05, 0.1) is 18.7 Å². The van der Waals surface area contributed by atoms with Gasteiger partial charge in [0.2, 0.25) is 5.91 Å². The molecule has 1 heterocycles. The minimum atomic E-state index is -0.346. The summed E-state index contributed by atoms with van der Waals surface area (Å²) in [5, 5.41) is 6.90. The van der Waals surface area contributed by atoms with Gasteiger partial charge in [-0.3, -0.25) is 14.9 Å². The van der Waals surface area contributed by atoms with Crippen molar-refractivity contribution in [2.45, 2.75) is 25.7 Å². The van der Waals surface area contributed by atoms with Gasteiger partial charge >= 0.3 is 0 Å². The number of aromatic nitrogens is 1. The summed E-state index contributed by atoms with van der Waals surface area (Å²) in [7, 11) is 1.58. The third-order valence-electron chi connectivity index (χ3n) is 5.13. The molecule has 1 aliphatic rings. The zero-order chi connectivity index (χ0) is 21.3. The second kappa shape index (κ2) is 8.45. The summed E-state index contributed by atoms with van der Waals surface area (Å²) in [5.41, 5.74) is 2.78. The van der Waals surface area contributed by atoms with Crippen LogP contribution in [0.1, 0.15) is 38.8 Å². The van der Waals surface area contributed by atoms with Crippen LogP contribution in [0.25, 0.3) is 0 Å². The van der Waals surface area contributed by atoms with Crippen LogP contribution in [0.3, 0.4) is 0 Å². The molecule has 0 spiro atoms. The Balaban J connectivity index is 1.47. The number of hydrogen-bond acceptors (Lipinski definition) is 5. The molecule has 30 heavy (non-hydrogen) atoms. The van der Waals surface area contributed by atoms with E-state index in [1.165, 1.54) is 11.3 Å². The average Bonchev–Trinajstić information content (AvgIpc) is 3.31. The molecule has 1 atom stereocenters. The van der Waals surface area contributed by atoms with Crippen LogP contribution < -0.4 is 15.4 Å². The molecule has 154 valence electrons. The summed E-state index contributed by atoms with van der Waals surface area (Å²) in [6.45, 7) is 1.87. The van der Waals surface area contributed by atoms with Crippen LogP contribution in [0, 0.1) is 6.92 Å². The molecule has 8 heteroatoms. The minimum absolute atomic E-state index is 0.113. The number of hydrogen-bond donors (Lipinski definition) is 2. The van der Waals surface area contributed by atoms with Gasteiger partial charge < -0.3 is 10.1 Å². The van der Waals surface area contributed by atoms with Crippen LogP contribution in [-0.2, 0) is 11.2 Å². The molecule has 3 aromatic rings. The Labute approximate surface area is 183 Å². The third kappa shape index (κ3) is 4.04. The van der Waals surface area contributed by atoms with Gasteiger partial charge in [0.15, 0.2) is 5.13 Å². The number of rotatable bonds is 5. The number of halogens is 1. The molecule has 0 fully saturated rings. The van der Waals surface area contributed by atoms with Crippen LogP contribution in [0.2, 0.25) is 5.02 Å². The van der Waals surface area contributed by atoms with Crippen LogP contribution in [-0.4, -0.2) is 23.9 Å². The highest BCUT2D eigenvalue weighted by Crippen LogP contribution is 2.39. The fourth-order valence-corrected chi connectivity index (χ4v) is 4.62. The fourth-order valence-electron chi connectivity index (χ4n) is 3.41. The van der Waals surface area contributed by atoms with Crippen molar-refractivity contribution in [2.75, 3.05) is 17.7 Å². The van der Waals surface area contributed by atoms with E-state index in [0.29, 0.717) is 33.6 Å². The van der Waals surface area contributed by atoms with Crippen LogP contribution in [0.15, 0.2) is 42.5 Å². The maximum Gasteiger partial charge on any atom is 0.257 e. The summed E-state index contributed by atoms with van der Waals surface area (Å²) < 4.78 is 5.11. The van der Waals surface area contributed by atoms with E-state index in [2.05, 4.69) is 15.6 Å². The maximum atomic E-state index is 12.9. The zero-order valence-corrected chi connectivity index (χ0v) is 18.1. The lowest BCUT2D eigenvalue weighted by molar-refractivity contribution is -0.117. The summed E-state index contributed by atoms with van der Waals surface area (Å²) in [6.07, 6.45) is 1.46. The first-order valence-electron chi connectivity index (χ1n) is 9.47. The van der Waals surface area contributed by atoms with Gasteiger partial charge in [0.25, 0.3) is 5.91 Å². The number of benzene rings is 2. The quantitative estimate of drug-likeness (QED) is 0.581. The van der Waals surface area contributed by atoms with Gasteiger partial charge in [-0.05, 0) is 61.7 Å². The first kappa shape index (κ1) is 20.4. The van der Waals surface area contributed by atoms with Crippen molar-refractivity contribution < 1.29 is 14.3 Å². The topological polar surface area (TPSA) is 80.3 Å². The predicted molar refractivity (Wildman–Crippen MR) is 119 cm³/mol. The lowest BCUT2D eigenvalue weighted by Crippen LogP contribution is -2.20. The van der Waals surface area contributed by atoms with Crippen molar-refractivity contribution in [3.8, 4) is 5.75 Å². The number of ether oxygens (including phenoxy) is 1. The molecule has 0 saturated heterocycles. The average molecular weight is 442 g/mol. The summed E-state index contributed by atoms with van der Waals surface area (Å²) in [5.74, 6) is -0.0251. The van der Waals surface area contributed by atoms with E-state index >= 15 is 0 Å². The Hall–Kier alpha value is -2.90. The van der Waals surface area contributed by atoms with Crippen molar-refractivity contribution in [1.29, 1.82) is 0 Å². The molecule has 0 aliphatic heterocycles. The summed E-state index contributed by atoms with van der Waals surface area (Å²) in [4.78, 5) is 30.9. The molecule has 2 amide bonds. The van der Waals surface area contributed by atoms with Gasteiger partial charge in [-0.15, -0.1) is 11.3 Å². The van der Waals surface area contributed by atoms with E-state index in [-0.39, 0.29) is 17.7 Å². The molecule has 1 unspecified atom stereocenters. The van der Waals surface area contributed by atoms with Crippen molar-refractivity contribution >= 4 is 45.6 Å². The number of methoxy groups -OCH3 is 1. The number of anilines is 2. The van der Waals surface area contributed by atoms with E-state index in [1.54, 1.807) is 43.5 Å². The number of carbonyl (C=O) groups excluding carboxylic acids is 2. The van der Waals surface area contributed by atoms with Crippen LogP contribution >= 0.6 is 22.9 Å². The molecule has 2 aromatic carbocycles. The second-order valence-corrected chi connectivity index (χ2v) is 8.49. The van der Waals surface area contributed by atoms with Crippen LogP contribution in [0.5, 0.6) is 5.75 Å². The standard InChI is InChI=1S/C22H20ClN3O3S/c1-12-16(23)4-3-5-17(12)24-21(28)15-10-11-18-19(15)25-22(30-18)26-20(27)13-6-8-14(29-2)9-7-13/h3-9,15H,10-11H2,1-2H3,(H,24,28)(H,25,26,27). The molecular weight excluding hydrogens is 422 g/mol. The van der Waals surface area contributed by atoms with Gasteiger partial charge in [-0.25, -0.2) is 4.98 Å². The number of carbonyl (C=O) groups is 2. The van der Waals surface area contributed by atoms with Crippen molar-refractivity contribution in [1.82, 2.24) is 4.98 Å². The normalized spacial score (nSPS) is 14.8. The Kier molecular flexibility index (Phi) is 5.74. The number of fused-ring (bicyclic) bond motifs is 1. The van der Waals surface area contributed by atoms with Gasteiger partial charge in [0.1, 0.15) is 5.75 Å². The molecule has 0 bridgehead atoms. The Morgan fingerprint density at radius 2 is 1.93 bits per heavy atom. The molecule has 2 N–H and O–H groups in total. The number of nitrogens with one attached hydrogen (secondary N) is 2. The number of amides is 2. The Morgan fingerprint density at radius 3 is 2.67 bits per heavy atom. The maximum absolute atomic E-state index is 12.9. The van der Waals surface area contributed by atoms with Crippen LogP contribution in [0.4, 0.5) is 10.8 Å². The highest BCUT2D eigenvalue weighted by Gasteiger charge is 2.33. The highest BCUT2D eigenvalue weighted by atomic mass is 35.5. The molecule has 0 saturated carbocycles. The van der Waals surface area contributed by atoms with E-state index in [0.717, 1.165) is 22.6 Å². The SMILES string of the molecule is COc1ccc(C(=O)Nc2nc3c(s2)CCC3C(=O)Nc2cccc(Cl)c2C)cc1. The summed E-state index contributed by atoms with van der Waals surface area (Å²) in [6, 6.07) is 12.3. The van der Waals surface area contributed by atoms with E-state index in [1.807, 2.05) is 13.0 Å². The molecule has 4 rings (SSSR count). The van der Waals surface area contributed by atoms with E-state index in [9.17, 15) is 9.59 Å². The molecule has 1 aliphatic carbocycles. The smallest absolute Gasteiger partial charge is 0.257 e. The lowest BCUT2D eigenvalue weighted by Gasteiger charge is -2.13. The van der Waals surface area contributed by atoms with Crippen molar-refractivity contribution in [3.05, 3.63) is 69.2 Å². The predicted octanol–water partition coefficient (Wildman–Crippen LogP) is 5.03. The minimum Gasteiger partial charge on any atom is -0.497 e. The molecule has 0 radical (unpaired) electrons. The van der Waals surface area contributed by atoms with Crippen molar-refractivity contribution in [3.63, 3.8) is 0 Å². The van der Waals surface area contributed by atoms with E-state index < -0.39 is 0 Å². The monoisotopic (exact) mass is 441 g/mol. The highest BCUT2D eigenvalue weighted by molar-refractivity contribution is 7.16. The van der Waals surface area contributed by atoms with Gasteiger partial charge in [0, 0.05) is 21.2 Å². The fraction of sp³-hybridized carbons (Fsp3) is 0.227. The second-order valence-electron chi connectivity index (χ2n) is 7.00. The summed E-state index contributed by atoms with van der Waals surface area (Å²) >= 11 is 7.56. The first-order chi connectivity index (χ1) is 14.5. The lowest BCUT2D eigenvalue weighted by atomic mass is 10.1.